The zero-order valence-corrected chi connectivity index (χ0v) is 18.4. The molecule has 0 radical (unpaired) electrons. The Kier molecular flexibility index (Phi) is 7.19. The molecule has 1 saturated heterocycles. The summed E-state index contributed by atoms with van der Waals surface area (Å²) in [5.74, 6) is 2.94. The second kappa shape index (κ2) is 10.6. The molecule has 0 aliphatic carbocycles. The minimum Gasteiger partial charge on any atom is -0.497 e. The largest absolute Gasteiger partial charge is 0.497 e. The minimum atomic E-state index is 0.548. The third-order valence-corrected chi connectivity index (χ3v) is 5.29. The van der Waals surface area contributed by atoms with Crippen LogP contribution in [0.25, 0.3) is 0 Å². The van der Waals surface area contributed by atoms with Gasteiger partial charge in [0.15, 0.2) is 5.96 Å². The van der Waals surface area contributed by atoms with Crippen LogP contribution < -0.4 is 14.8 Å². The molecule has 32 heavy (non-hydrogen) atoms. The van der Waals surface area contributed by atoms with Crippen LogP contribution in [0.1, 0.15) is 11.3 Å². The normalized spacial score (nSPS) is 14.9. The number of pyridine rings is 1. The number of nitrogens with one attached hydrogen (secondary N) is 1. The molecule has 0 unspecified atom stereocenters. The quantitative estimate of drug-likeness (QED) is 0.447. The van der Waals surface area contributed by atoms with E-state index < -0.39 is 0 Å². The maximum absolute atomic E-state index is 5.79. The Hall–Kier alpha value is -3.59. The van der Waals surface area contributed by atoms with E-state index in [4.69, 9.17) is 14.0 Å². The summed E-state index contributed by atoms with van der Waals surface area (Å²) in [6.45, 7) is 5.17. The van der Waals surface area contributed by atoms with E-state index in [1.165, 1.54) is 0 Å². The number of aliphatic imine (C=N–C) groups is 1. The summed E-state index contributed by atoms with van der Waals surface area (Å²) < 4.78 is 15.9. The number of hydrogen-bond donors (Lipinski definition) is 1. The average Bonchev–Trinajstić information content (AvgIpc) is 3.35. The van der Waals surface area contributed by atoms with E-state index in [-0.39, 0.29) is 0 Å². The third-order valence-electron chi connectivity index (χ3n) is 5.29. The van der Waals surface area contributed by atoms with Gasteiger partial charge in [-0.2, -0.15) is 0 Å². The van der Waals surface area contributed by atoms with Crippen molar-refractivity contribution in [3.05, 3.63) is 66.2 Å². The van der Waals surface area contributed by atoms with Crippen LogP contribution in [0.2, 0.25) is 0 Å². The Labute approximate surface area is 187 Å². The molecule has 0 atom stereocenters. The number of nitrogens with zero attached hydrogens (tertiary/aromatic N) is 5. The highest BCUT2D eigenvalue weighted by atomic mass is 16.5. The smallest absolute Gasteiger partial charge is 0.219 e. The van der Waals surface area contributed by atoms with Crippen LogP contribution in [0, 0.1) is 0 Å². The van der Waals surface area contributed by atoms with Gasteiger partial charge in [-0.15, -0.1) is 0 Å². The number of rotatable bonds is 7. The first kappa shape index (κ1) is 21.6. The number of piperazine rings is 1. The standard InChI is InChI=1S/C23H28N6O3/c1-24-23(29-12-10-28(11-13-29)17-19-9-14-31-27-19)26-16-18-3-8-22(25-15-18)32-21-6-4-20(30-2)5-7-21/h3-9,14-15H,10-13,16-17H2,1-2H3,(H,24,26). The first-order valence-electron chi connectivity index (χ1n) is 10.6. The first-order valence-corrected chi connectivity index (χ1v) is 10.6. The van der Waals surface area contributed by atoms with E-state index in [0.29, 0.717) is 18.2 Å². The van der Waals surface area contributed by atoms with Crippen LogP contribution in [0.4, 0.5) is 0 Å². The fourth-order valence-corrected chi connectivity index (χ4v) is 3.52. The van der Waals surface area contributed by atoms with Gasteiger partial charge in [0.1, 0.15) is 17.8 Å². The van der Waals surface area contributed by atoms with Gasteiger partial charge in [0.2, 0.25) is 5.88 Å². The van der Waals surface area contributed by atoms with Crippen LogP contribution in [-0.4, -0.2) is 66.2 Å². The summed E-state index contributed by atoms with van der Waals surface area (Å²) in [6.07, 6.45) is 3.43. The van der Waals surface area contributed by atoms with Crippen molar-refractivity contribution in [1.82, 2.24) is 25.3 Å². The second-order valence-corrected chi connectivity index (χ2v) is 7.44. The molecule has 1 aliphatic heterocycles. The molecule has 1 aliphatic rings. The van der Waals surface area contributed by atoms with Crippen molar-refractivity contribution in [3.8, 4) is 17.4 Å². The zero-order chi connectivity index (χ0) is 22.2. The second-order valence-electron chi connectivity index (χ2n) is 7.44. The molecule has 9 heteroatoms. The molecular weight excluding hydrogens is 408 g/mol. The Balaban J connectivity index is 1.24. The summed E-state index contributed by atoms with van der Waals surface area (Å²) in [5.41, 5.74) is 2.02. The molecule has 1 aromatic carbocycles. The topological polar surface area (TPSA) is 88.3 Å². The van der Waals surface area contributed by atoms with Crippen molar-refractivity contribution in [1.29, 1.82) is 0 Å². The van der Waals surface area contributed by atoms with E-state index in [2.05, 4.69) is 30.2 Å². The molecular formula is C23H28N6O3. The highest BCUT2D eigenvalue weighted by Gasteiger charge is 2.20. The zero-order valence-electron chi connectivity index (χ0n) is 18.4. The van der Waals surface area contributed by atoms with Crippen LogP contribution in [0.15, 0.2) is 64.4 Å². The third kappa shape index (κ3) is 5.76. The highest BCUT2D eigenvalue weighted by molar-refractivity contribution is 5.80. The lowest BCUT2D eigenvalue weighted by atomic mass is 10.2. The average molecular weight is 437 g/mol. The van der Waals surface area contributed by atoms with Gasteiger partial charge >= 0.3 is 0 Å². The monoisotopic (exact) mass is 436 g/mol. The minimum absolute atomic E-state index is 0.548. The van der Waals surface area contributed by atoms with E-state index in [9.17, 15) is 0 Å². The molecule has 3 heterocycles. The predicted molar refractivity (Wildman–Crippen MR) is 121 cm³/mol. The van der Waals surface area contributed by atoms with Crippen LogP contribution in [0.5, 0.6) is 17.4 Å². The lowest BCUT2D eigenvalue weighted by Crippen LogP contribution is -2.52. The lowest BCUT2D eigenvalue weighted by Gasteiger charge is -2.36. The molecule has 0 spiro atoms. The van der Waals surface area contributed by atoms with Crippen molar-refractivity contribution in [3.63, 3.8) is 0 Å². The van der Waals surface area contributed by atoms with Crippen molar-refractivity contribution in [2.24, 2.45) is 4.99 Å². The number of ether oxygens (including phenoxy) is 2. The summed E-state index contributed by atoms with van der Waals surface area (Å²) in [5, 5.41) is 7.43. The molecule has 4 rings (SSSR count). The van der Waals surface area contributed by atoms with E-state index in [0.717, 1.165) is 55.7 Å². The highest BCUT2D eigenvalue weighted by Crippen LogP contribution is 2.22. The van der Waals surface area contributed by atoms with Gasteiger partial charge in [0.25, 0.3) is 0 Å². The van der Waals surface area contributed by atoms with Crippen molar-refractivity contribution >= 4 is 5.96 Å². The number of aromatic nitrogens is 2. The number of hydrogen-bond acceptors (Lipinski definition) is 7. The van der Waals surface area contributed by atoms with Crippen molar-refractivity contribution < 1.29 is 14.0 Å². The summed E-state index contributed by atoms with van der Waals surface area (Å²) in [6, 6.07) is 13.2. The number of guanidine groups is 1. The summed E-state index contributed by atoms with van der Waals surface area (Å²) in [4.78, 5) is 13.5. The van der Waals surface area contributed by atoms with Gasteiger partial charge in [-0.05, 0) is 29.8 Å². The first-order chi connectivity index (χ1) is 15.7. The van der Waals surface area contributed by atoms with Crippen molar-refractivity contribution in [2.75, 3.05) is 40.3 Å². The number of methoxy groups -OCH3 is 1. The Bertz CT molecular complexity index is 982. The van der Waals surface area contributed by atoms with E-state index in [1.807, 2.05) is 55.7 Å². The van der Waals surface area contributed by atoms with Crippen LogP contribution in [-0.2, 0) is 13.1 Å². The maximum atomic E-state index is 5.79. The van der Waals surface area contributed by atoms with Gasteiger partial charge in [0, 0.05) is 64.6 Å². The molecule has 0 bridgehead atoms. The van der Waals surface area contributed by atoms with Gasteiger partial charge in [-0.1, -0.05) is 11.2 Å². The molecule has 0 amide bonds. The maximum Gasteiger partial charge on any atom is 0.219 e. The van der Waals surface area contributed by atoms with Gasteiger partial charge in [-0.25, -0.2) is 4.98 Å². The Morgan fingerprint density at radius 3 is 2.47 bits per heavy atom. The van der Waals surface area contributed by atoms with Crippen LogP contribution in [0.3, 0.4) is 0 Å². The molecule has 1 fully saturated rings. The summed E-state index contributed by atoms with van der Waals surface area (Å²) >= 11 is 0. The number of benzene rings is 1. The van der Waals surface area contributed by atoms with E-state index >= 15 is 0 Å². The Morgan fingerprint density at radius 1 is 1.06 bits per heavy atom. The predicted octanol–water partition coefficient (Wildman–Crippen LogP) is 2.76. The van der Waals surface area contributed by atoms with Gasteiger partial charge in [0.05, 0.1) is 12.8 Å². The van der Waals surface area contributed by atoms with E-state index in [1.54, 1.807) is 13.4 Å². The molecule has 168 valence electrons. The fraction of sp³-hybridized carbons (Fsp3) is 0.348. The molecule has 9 nitrogen and oxygen atoms in total. The fourth-order valence-electron chi connectivity index (χ4n) is 3.52. The molecule has 3 aromatic rings. The van der Waals surface area contributed by atoms with Gasteiger partial charge in [-0.3, -0.25) is 9.89 Å². The van der Waals surface area contributed by atoms with Crippen LogP contribution >= 0.6 is 0 Å². The molecule has 1 N–H and O–H groups in total. The SMILES string of the molecule is CN=C(NCc1ccc(Oc2ccc(OC)cc2)nc1)N1CCN(Cc2ccon2)CC1. The van der Waals surface area contributed by atoms with Gasteiger partial charge < -0.3 is 24.2 Å². The molecule has 0 saturated carbocycles. The lowest BCUT2D eigenvalue weighted by molar-refractivity contribution is 0.169. The molecule has 2 aromatic heterocycles. The summed E-state index contributed by atoms with van der Waals surface area (Å²) in [7, 11) is 3.45. The Morgan fingerprint density at radius 2 is 1.84 bits per heavy atom. The van der Waals surface area contributed by atoms with Crippen molar-refractivity contribution in [2.45, 2.75) is 13.1 Å².